The number of nitrogens with zero attached hydrogens (tertiary/aromatic N) is 3. The standard InChI is InChI=1S/C37H52F2N10O11S/c1-21(35(58)49-20-37(38,39)15-24(49)16-40)46-32(55)22-10-12-42-23(13-22)17-44-30(52)9-8-29(51)43-11-6-4-2-3-5-7-28(50)45-18-25(41)33(56)47-26(14-31(53)54)34(57)48-27(19-61)36(59)60/h10,12-13,21,24-27,61H,2-9,11,14-15,17-20,41H2,1H3,(H,43,51)(H,44,52)(H,45,50)(H,46,55)(H,47,56)(H,48,57)(H,53,54)(H,59,60)/t21-,24+,25?,26?,27?/m1/s1. The van der Waals surface area contributed by atoms with Crippen LogP contribution in [0.2, 0.25) is 0 Å². The van der Waals surface area contributed by atoms with Crippen molar-refractivity contribution in [3.05, 3.63) is 29.6 Å². The number of aromatic nitrogens is 1. The number of halogens is 2. The molecule has 61 heavy (non-hydrogen) atoms. The van der Waals surface area contributed by atoms with Crippen LogP contribution in [-0.2, 0) is 44.9 Å². The Balaban J connectivity index is 1.58. The molecule has 0 saturated carbocycles. The van der Waals surface area contributed by atoms with Gasteiger partial charge in [0.1, 0.15) is 30.2 Å². The minimum Gasteiger partial charge on any atom is -0.481 e. The fraction of sp³-hybridized carbons (Fsp3) is 0.595. The minimum absolute atomic E-state index is 0.0660. The molecule has 1 aliphatic rings. The summed E-state index contributed by atoms with van der Waals surface area (Å²) in [6.07, 6.45) is 3.00. The van der Waals surface area contributed by atoms with Gasteiger partial charge in [-0.1, -0.05) is 19.3 Å². The Labute approximate surface area is 355 Å². The van der Waals surface area contributed by atoms with Gasteiger partial charge < -0.3 is 52.7 Å². The molecule has 24 heteroatoms. The molecule has 336 valence electrons. The number of aliphatic carboxylic acids is 2. The fourth-order valence-corrected chi connectivity index (χ4v) is 6.00. The Kier molecular flexibility index (Phi) is 21.5. The Morgan fingerprint density at radius 3 is 2.18 bits per heavy atom. The maximum absolute atomic E-state index is 13.8. The number of nitriles is 1. The van der Waals surface area contributed by atoms with Gasteiger partial charge in [0.2, 0.25) is 35.4 Å². The van der Waals surface area contributed by atoms with E-state index in [1.54, 1.807) is 6.07 Å². The summed E-state index contributed by atoms with van der Waals surface area (Å²) in [4.78, 5) is 114. The van der Waals surface area contributed by atoms with Crippen LogP contribution < -0.4 is 37.6 Å². The lowest BCUT2D eigenvalue weighted by Crippen LogP contribution is -2.57. The molecule has 1 fully saturated rings. The van der Waals surface area contributed by atoms with Crippen molar-refractivity contribution in [2.45, 2.75) is 114 Å². The number of carboxylic acid groups (broad SMARTS) is 2. The van der Waals surface area contributed by atoms with Gasteiger partial charge in [-0.15, -0.1) is 0 Å². The smallest absolute Gasteiger partial charge is 0.327 e. The number of alkyl halides is 2. The highest BCUT2D eigenvalue weighted by Gasteiger charge is 2.48. The van der Waals surface area contributed by atoms with Crippen LogP contribution in [-0.4, -0.2) is 135 Å². The molecule has 5 atom stereocenters. The van der Waals surface area contributed by atoms with Crippen LogP contribution in [0.1, 0.15) is 87.2 Å². The van der Waals surface area contributed by atoms with Gasteiger partial charge in [-0.2, -0.15) is 17.9 Å². The van der Waals surface area contributed by atoms with Crippen molar-refractivity contribution in [1.82, 2.24) is 41.8 Å². The third-order valence-corrected chi connectivity index (χ3v) is 9.48. The first kappa shape index (κ1) is 51.2. The first-order valence-corrected chi connectivity index (χ1v) is 20.0. The van der Waals surface area contributed by atoms with Crippen LogP contribution in [0.3, 0.4) is 0 Å². The molecular formula is C37H52F2N10O11S. The highest BCUT2D eigenvalue weighted by atomic mass is 32.1. The zero-order valence-electron chi connectivity index (χ0n) is 33.4. The summed E-state index contributed by atoms with van der Waals surface area (Å²) >= 11 is 3.81. The second kappa shape index (κ2) is 25.6. The molecule has 0 radical (unpaired) electrons. The Morgan fingerprint density at radius 2 is 1.54 bits per heavy atom. The Bertz CT molecular complexity index is 1800. The van der Waals surface area contributed by atoms with E-state index in [1.165, 1.54) is 25.3 Å². The summed E-state index contributed by atoms with van der Waals surface area (Å²) in [6, 6.07) is -2.45. The van der Waals surface area contributed by atoms with Crippen molar-refractivity contribution in [2.24, 2.45) is 5.73 Å². The number of hydrogen-bond donors (Lipinski definition) is 10. The summed E-state index contributed by atoms with van der Waals surface area (Å²) in [5.41, 5.74) is 6.18. The number of unbranched alkanes of at least 4 members (excludes halogenated alkanes) is 4. The first-order valence-electron chi connectivity index (χ1n) is 19.3. The Hall–Kier alpha value is -5.96. The molecule has 0 aromatic carbocycles. The summed E-state index contributed by atoms with van der Waals surface area (Å²) in [5, 5.41) is 41.8. The first-order chi connectivity index (χ1) is 28.8. The van der Waals surface area contributed by atoms with Gasteiger partial charge >= 0.3 is 11.9 Å². The van der Waals surface area contributed by atoms with Gasteiger partial charge in [-0.05, 0) is 31.9 Å². The number of carbonyl (C=O) groups excluding carboxylic acids is 7. The van der Waals surface area contributed by atoms with E-state index < -0.39 is 97.0 Å². The normalized spacial score (nSPS) is 16.1. The van der Waals surface area contributed by atoms with Crippen molar-refractivity contribution >= 4 is 65.9 Å². The van der Waals surface area contributed by atoms with E-state index in [4.69, 9.17) is 21.2 Å². The second-order valence-electron chi connectivity index (χ2n) is 14.2. The third-order valence-electron chi connectivity index (χ3n) is 9.11. The monoisotopic (exact) mass is 882 g/mol. The Morgan fingerprint density at radius 1 is 0.918 bits per heavy atom. The second-order valence-corrected chi connectivity index (χ2v) is 14.6. The lowest BCUT2D eigenvalue weighted by molar-refractivity contribution is -0.143. The van der Waals surface area contributed by atoms with E-state index >= 15 is 0 Å². The molecule has 2 rings (SSSR count). The van der Waals surface area contributed by atoms with E-state index in [1.807, 2.05) is 0 Å². The van der Waals surface area contributed by atoms with Gasteiger partial charge in [0.25, 0.3) is 11.8 Å². The van der Waals surface area contributed by atoms with Crippen molar-refractivity contribution in [3.63, 3.8) is 0 Å². The average molecular weight is 883 g/mol. The zero-order valence-corrected chi connectivity index (χ0v) is 34.3. The van der Waals surface area contributed by atoms with Crippen LogP contribution in [0.25, 0.3) is 0 Å². The molecule has 3 unspecified atom stereocenters. The predicted octanol–water partition coefficient (Wildman–Crippen LogP) is -1.28. The molecule has 2 heterocycles. The van der Waals surface area contributed by atoms with Gasteiger partial charge in [0.05, 0.1) is 31.3 Å². The molecule has 1 aromatic heterocycles. The van der Waals surface area contributed by atoms with Crippen molar-refractivity contribution in [2.75, 3.05) is 25.4 Å². The number of rotatable bonds is 26. The quantitative estimate of drug-likeness (QED) is 0.0383. The highest BCUT2D eigenvalue weighted by Crippen LogP contribution is 2.32. The number of thiol groups is 1. The molecular weight excluding hydrogens is 831 g/mol. The summed E-state index contributed by atoms with van der Waals surface area (Å²) in [7, 11) is 0. The average Bonchev–Trinajstić information content (AvgIpc) is 3.54. The van der Waals surface area contributed by atoms with E-state index in [0.29, 0.717) is 31.5 Å². The fourth-order valence-electron chi connectivity index (χ4n) is 5.76. The maximum atomic E-state index is 13.8. The number of pyridine rings is 1. The maximum Gasteiger partial charge on any atom is 0.327 e. The van der Waals surface area contributed by atoms with Crippen LogP contribution in [0.4, 0.5) is 8.78 Å². The predicted molar refractivity (Wildman–Crippen MR) is 212 cm³/mol. The molecule has 0 bridgehead atoms. The largest absolute Gasteiger partial charge is 0.481 e. The van der Waals surface area contributed by atoms with E-state index in [2.05, 4.69) is 49.5 Å². The van der Waals surface area contributed by atoms with Gasteiger partial charge in [0, 0.05) is 56.3 Å². The van der Waals surface area contributed by atoms with Gasteiger partial charge in [0.15, 0.2) is 0 Å². The lowest BCUT2D eigenvalue weighted by atomic mass is 10.1. The number of carbonyl (C=O) groups is 9. The lowest BCUT2D eigenvalue weighted by Gasteiger charge is -2.23. The number of amides is 7. The summed E-state index contributed by atoms with van der Waals surface area (Å²) in [6.45, 7) is 0.405. The topological polar surface area (TPSA) is 332 Å². The molecule has 0 spiro atoms. The summed E-state index contributed by atoms with van der Waals surface area (Å²) in [5.74, 6) is -11.0. The van der Waals surface area contributed by atoms with Crippen LogP contribution in [0.15, 0.2) is 18.3 Å². The molecule has 10 N–H and O–H groups in total. The van der Waals surface area contributed by atoms with Crippen molar-refractivity contribution in [3.8, 4) is 6.07 Å². The molecule has 0 aliphatic carbocycles. The van der Waals surface area contributed by atoms with Crippen molar-refractivity contribution < 1.29 is 62.1 Å². The molecule has 21 nitrogen and oxygen atoms in total. The zero-order chi connectivity index (χ0) is 45.7. The molecule has 1 saturated heterocycles. The molecule has 1 aliphatic heterocycles. The van der Waals surface area contributed by atoms with E-state index in [-0.39, 0.29) is 55.5 Å². The van der Waals surface area contributed by atoms with E-state index in [9.17, 15) is 51.9 Å². The third kappa shape index (κ3) is 18.9. The SMILES string of the molecule is C[C@@H](NC(=O)c1ccnc(CNC(=O)CCC(=O)NCCCCCCCC(=O)NCC(N)C(=O)NC(CC(=O)O)C(=O)NC(CS)C(=O)O)c1)C(=O)N1CC(F)(F)C[C@H]1C#N. The summed E-state index contributed by atoms with van der Waals surface area (Å²) < 4.78 is 27.5. The number of likely N-dealkylation sites (tertiary alicyclic amines) is 1. The number of hydrogen-bond acceptors (Lipinski definition) is 13. The highest BCUT2D eigenvalue weighted by molar-refractivity contribution is 7.80. The number of nitrogens with two attached hydrogens (primary N) is 1. The minimum atomic E-state index is -3.20. The van der Waals surface area contributed by atoms with Crippen molar-refractivity contribution in [1.29, 1.82) is 5.26 Å². The number of nitrogens with one attached hydrogen (secondary N) is 6. The van der Waals surface area contributed by atoms with Gasteiger partial charge in [-0.25, -0.2) is 13.6 Å². The van der Waals surface area contributed by atoms with Crippen LogP contribution in [0.5, 0.6) is 0 Å². The molecule has 1 aromatic rings. The molecule has 7 amide bonds. The van der Waals surface area contributed by atoms with Crippen LogP contribution >= 0.6 is 12.6 Å². The van der Waals surface area contributed by atoms with Crippen LogP contribution in [0, 0.1) is 11.3 Å². The van der Waals surface area contributed by atoms with Gasteiger partial charge in [-0.3, -0.25) is 43.3 Å². The van der Waals surface area contributed by atoms with E-state index in [0.717, 1.165) is 17.7 Å². The number of carboxylic acids is 2.